The van der Waals surface area contributed by atoms with Gasteiger partial charge in [0.25, 0.3) is 5.91 Å². The molecular weight excluding hydrogens is 266 g/mol. The number of nitrogens with two attached hydrogens (primary N) is 1. The molecule has 0 saturated heterocycles. The van der Waals surface area contributed by atoms with Crippen LogP contribution in [0.4, 0.5) is 0 Å². The maximum absolute atomic E-state index is 12.1. The van der Waals surface area contributed by atoms with Crippen molar-refractivity contribution in [2.45, 2.75) is 37.6 Å². The van der Waals surface area contributed by atoms with E-state index in [2.05, 4.69) is 10.3 Å². The minimum absolute atomic E-state index is 0.193. The summed E-state index contributed by atoms with van der Waals surface area (Å²) in [5.74, 6) is -0.897. The highest BCUT2D eigenvalue weighted by Crippen LogP contribution is 2.28. The van der Waals surface area contributed by atoms with Gasteiger partial charge in [0.05, 0.1) is 0 Å². The van der Waals surface area contributed by atoms with Crippen molar-refractivity contribution in [3.63, 3.8) is 0 Å². The monoisotopic (exact) mass is 281 g/mol. The van der Waals surface area contributed by atoms with E-state index in [-0.39, 0.29) is 5.69 Å². The van der Waals surface area contributed by atoms with Gasteiger partial charge in [0.1, 0.15) is 11.2 Å². The van der Waals surface area contributed by atoms with Crippen LogP contribution >= 0.6 is 11.6 Å². The van der Waals surface area contributed by atoms with Gasteiger partial charge in [-0.2, -0.15) is 0 Å². The zero-order valence-corrected chi connectivity index (χ0v) is 11.2. The Morgan fingerprint density at radius 1 is 1.32 bits per heavy atom. The quantitative estimate of drug-likeness (QED) is 0.883. The van der Waals surface area contributed by atoms with Gasteiger partial charge >= 0.3 is 0 Å². The van der Waals surface area contributed by atoms with Gasteiger partial charge in [-0.15, -0.1) is 0 Å². The number of pyridine rings is 1. The second-order valence-corrected chi connectivity index (χ2v) is 5.26. The van der Waals surface area contributed by atoms with Crippen LogP contribution in [0.25, 0.3) is 0 Å². The zero-order chi connectivity index (χ0) is 13.9. The van der Waals surface area contributed by atoms with Crippen molar-refractivity contribution in [3.8, 4) is 0 Å². The molecule has 1 aromatic rings. The van der Waals surface area contributed by atoms with Gasteiger partial charge in [-0.25, -0.2) is 0 Å². The molecule has 0 radical (unpaired) electrons. The Morgan fingerprint density at radius 3 is 2.58 bits per heavy atom. The molecular formula is C13H16ClN3O2. The molecule has 2 amide bonds. The summed E-state index contributed by atoms with van der Waals surface area (Å²) >= 11 is 5.82. The van der Waals surface area contributed by atoms with Crippen LogP contribution in [0, 0.1) is 0 Å². The first-order chi connectivity index (χ1) is 9.03. The first-order valence-corrected chi connectivity index (χ1v) is 6.65. The van der Waals surface area contributed by atoms with Gasteiger partial charge in [0.15, 0.2) is 0 Å². The van der Waals surface area contributed by atoms with Crippen molar-refractivity contribution in [3.05, 3.63) is 29.0 Å². The van der Waals surface area contributed by atoms with Crippen LogP contribution in [0.2, 0.25) is 5.02 Å². The number of primary amides is 1. The van der Waals surface area contributed by atoms with E-state index >= 15 is 0 Å². The molecule has 3 N–H and O–H groups in total. The van der Waals surface area contributed by atoms with E-state index in [1.807, 2.05) is 0 Å². The van der Waals surface area contributed by atoms with E-state index in [1.54, 1.807) is 6.07 Å². The zero-order valence-electron chi connectivity index (χ0n) is 10.5. The number of amides is 2. The Bertz CT molecular complexity index is 498. The normalized spacial score (nSPS) is 17.7. The minimum atomic E-state index is -0.945. The maximum Gasteiger partial charge on any atom is 0.270 e. The fourth-order valence-electron chi connectivity index (χ4n) is 2.40. The average Bonchev–Trinajstić information content (AvgIpc) is 2.39. The first-order valence-electron chi connectivity index (χ1n) is 6.27. The summed E-state index contributed by atoms with van der Waals surface area (Å²) < 4.78 is 0. The molecule has 102 valence electrons. The fourth-order valence-corrected chi connectivity index (χ4v) is 2.56. The highest BCUT2D eigenvalue weighted by atomic mass is 35.5. The smallest absolute Gasteiger partial charge is 0.270 e. The van der Waals surface area contributed by atoms with Crippen LogP contribution in [0.1, 0.15) is 42.6 Å². The number of hydrogen-bond acceptors (Lipinski definition) is 3. The van der Waals surface area contributed by atoms with E-state index < -0.39 is 17.4 Å². The standard InChI is InChI=1S/C13H16ClN3O2/c14-9-4-7-16-10(8-9)11(18)17-13(12(15)19)5-2-1-3-6-13/h4,7-8H,1-3,5-6H2,(H2,15,19)(H,17,18). The summed E-state index contributed by atoms with van der Waals surface area (Å²) in [5, 5.41) is 3.17. The van der Waals surface area contributed by atoms with Gasteiger partial charge in [-0.05, 0) is 25.0 Å². The van der Waals surface area contributed by atoms with Crippen LogP contribution in [0.15, 0.2) is 18.3 Å². The molecule has 0 aliphatic heterocycles. The number of halogens is 1. The van der Waals surface area contributed by atoms with E-state index in [9.17, 15) is 9.59 Å². The molecule has 0 spiro atoms. The molecule has 1 aliphatic rings. The molecule has 2 rings (SSSR count). The fraction of sp³-hybridized carbons (Fsp3) is 0.462. The van der Waals surface area contributed by atoms with E-state index in [1.165, 1.54) is 12.3 Å². The molecule has 1 heterocycles. The number of carbonyl (C=O) groups is 2. The molecule has 1 fully saturated rings. The largest absolute Gasteiger partial charge is 0.368 e. The lowest BCUT2D eigenvalue weighted by Gasteiger charge is -2.34. The van der Waals surface area contributed by atoms with Crippen LogP contribution in [-0.2, 0) is 4.79 Å². The molecule has 1 saturated carbocycles. The predicted molar refractivity (Wildman–Crippen MR) is 71.7 cm³/mol. The summed E-state index contributed by atoms with van der Waals surface area (Å²) in [6, 6.07) is 3.05. The topological polar surface area (TPSA) is 85.1 Å². The molecule has 1 aromatic heterocycles. The van der Waals surface area contributed by atoms with Crippen molar-refractivity contribution < 1.29 is 9.59 Å². The maximum atomic E-state index is 12.1. The van der Waals surface area contributed by atoms with Crippen molar-refractivity contribution in [1.82, 2.24) is 10.3 Å². The third kappa shape index (κ3) is 3.04. The van der Waals surface area contributed by atoms with Gasteiger partial charge in [0.2, 0.25) is 5.91 Å². The Morgan fingerprint density at radius 2 is 2.00 bits per heavy atom. The van der Waals surface area contributed by atoms with E-state index in [4.69, 9.17) is 17.3 Å². The number of rotatable bonds is 3. The van der Waals surface area contributed by atoms with Crippen molar-refractivity contribution in [1.29, 1.82) is 0 Å². The Kier molecular flexibility index (Phi) is 4.04. The summed E-state index contributed by atoms with van der Waals surface area (Å²) in [6.07, 6.45) is 5.43. The number of carbonyl (C=O) groups excluding carboxylic acids is 2. The van der Waals surface area contributed by atoms with Crippen LogP contribution in [0.3, 0.4) is 0 Å². The minimum Gasteiger partial charge on any atom is -0.368 e. The molecule has 6 heteroatoms. The second kappa shape index (κ2) is 5.57. The second-order valence-electron chi connectivity index (χ2n) is 4.82. The van der Waals surface area contributed by atoms with Crippen molar-refractivity contribution >= 4 is 23.4 Å². The third-order valence-corrected chi connectivity index (χ3v) is 3.72. The molecule has 0 unspecified atom stereocenters. The number of hydrogen-bond donors (Lipinski definition) is 2. The lowest BCUT2D eigenvalue weighted by molar-refractivity contribution is -0.125. The van der Waals surface area contributed by atoms with Gasteiger partial charge in [0, 0.05) is 11.2 Å². The average molecular weight is 282 g/mol. The summed E-state index contributed by atoms with van der Waals surface area (Å²) in [5.41, 5.74) is 4.71. The Hall–Kier alpha value is -1.62. The predicted octanol–water partition coefficient (Wildman–Crippen LogP) is 1.65. The van der Waals surface area contributed by atoms with Crippen LogP contribution < -0.4 is 11.1 Å². The van der Waals surface area contributed by atoms with Gasteiger partial charge in [-0.3, -0.25) is 14.6 Å². The highest BCUT2D eigenvalue weighted by molar-refractivity contribution is 6.30. The molecule has 0 atom stereocenters. The number of nitrogens with one attached hydrogen (secondary N) is 1. The molecule has 0 aromatic carbocycles. The highest BCUT2D eigenvalue weighted by Gasteiger charge is 2.39. The van der Waals surface area contributed by atoms with Crippen LogP contribution in [0.5, 0.6) is 0 Å². The van der Waals surface area contributed by atoms with Crippen molar-refractivity contribution in [2.75, 3.05) is 0 Å². The number of nitrogens with zero attached hydrogens (tertiary/aromatic N) is 1. The third-order valence-electron chi connectivity index (χ3n) is 3.49. The number of aromatic nitrogens is 1. The lowest BCUT2D eigenvalue weighted by atomic mass is 9.81. The molecule has 19 heavy (non-hydrogen) atoms. The summed E-state index contributed by atoms with van der Waals surface area (Å²) in [4.78, 5) is 27.8. The molecule has 5 nitrogen and oxygen atoms in total. The molecule has 0 bridgehead atoms. The van der Waals surface area contributed by atoms with Gasteiger partial charge in [-0.1, -0.05) is 30.9 Å². The van der Waals surface area contributed by atoms with E-state index in [0.29, 0.717) is 17.9 Å². The van der Waals surface area contributed by atoms with E-state index in [0.717, 1.165) is 19.3 Å². The van der Waals surface area contributed by atoms with Crippen LogP contribution in [-0.4, -0.2) is 22.3 Å². The lowest BCUT2D eigenvalue weighted by Crippen LogP contribution is -2.58. The summed E-state index contributed by atoms with van der Waals surface area (Å²) in [7, 11) is 0. The van der Waals surface area contributed by atoms with Crippen molar-refractivity contribution in [2.24, 2.45) is 5.73 Å². The first kappa shape index (κ1) is 13.8. The SMILES string of the molecule is NC(=O)C1(NC(=O)c2cc(Cl)ccn2)CCCCC1. The van der Waals surface area contributed by atoms with Gasteiger partial charge < -0.3 is 11.1 Å². The summed E-state index contributed by atoms with van der Waals surface area (Å²) in [6.45, 7) is 0. The Labute approximate surface area is 116 Å². The Balaban J connectivity index is 2.18. The molecule has 1 aliphatic carbocycles.